The number of aryl methyl sites for hydroxylation is 1. The standard InChI is InChI=1S/C18H27N/c1-15-9-5-6-10-16(15)19-14-18(13-17(19,2)3)11-7-4-8-12-18/h5-6,9-10H,4,7-8,11-14H2,1-3H3/i2D3,3D3,13D2. The molecule has 0 atom stereocenters. The predicted molar refractivity (Wildman–Crippen MR) is 82.7 cm³/mol. The van der Waals surface area contributed by atoms with Gasteiger partial charge in [-0.3, -0.25) is 0 Å². The fraction of sp³-hybridized carbons (Fsp3) is 0.667. The second kappa shape index (κ2) is 4.54. The third kappa shape index (κ3) is 2.28. The zero-order chi connectivity index (χ0) is 20.3. The molecule has 0 unspecified atom stereocenters. The van der Waals surface area contributed by atoms with Crippen LogP contribution >= 0.6 is 0 Å². The number of anilines is 1. The van der Waals surface area contributed by atoms with Crippen LogP contribution in [0, 0.1) is 12.3 Å². The molecule has 1 spiro atoms. The Bertz CT molecular complexity index is 686. The van der Waals surface area contributed by atoms with Crippen LogP contribution in [0.2, 0.25) is 0 Å². The summed E-state index contributed by atoms with van der Waals surface area (Å²) in [5.41, 5.74) is -2.32. The van der Waals surface area contributed by atoms with Gasteiger partial charge in [-0.25, -0.2) is 0 Å². The Labute approximate surface area is 129 Å². The lowest BCUT2D eigenvalue weighted by atomic mass is 9.71. The molecule has 0 N–H and O–H groups in total. The van der Waals surface area contributed by atoms with Crippen molar-refractivity contribution in [3.63, 3.8) is 0 Å². The number of para-hydroxylation sites is 1. The number of hydrogen-bond donors (Lipinski definition) is 0. The molecule has 1 aliphatic carbocycles. The van der Waals surface area contributed by atoms with Crippen molar-refractivity contribution < 1.29 is 11.0 Å². The van der Waals surface area contributed by atoms with Crippen molar-refractivity contribution in [2.24, 2.45) is 5.41 Å². The molecular weight excluding hydrogens is 230 g/mol. The molecule has 3 rings (SSSR count). The lowest BCUT2D eigenvalue weighted by molar-refractivity contribution is 0.204. The van der Waals surface area contributed by atoms with Gasteiger partial charge in [0.2, 0.25) is 0 Å². The molecule has 2 fully saturated rings. The maximum Gasteiger partial charge on any atom is 0.0400 e. The third-order valence-electron chi connectivity index (χ3n) is 4.53. The Balaban J connectivity index is 2.35. The van der Waals surface area contributed by atoms with Gasteiger partial charge in [0.25, 0.3) is 0 Å². The van der Waals surface area contributed by atoms with Crippen molar-refractivity contribution in [3.05, 3.63) is 29.8 Å². The van der Waals surface area contributed by atoms with Gasteiger partial charge in [-0.2, -0.15) is 0 Å². The van der Waals surface area contributed by atoms with Crippen molar-refractivity contribution >= 4 is 5.69 Å². The van der Waals surface area contributed by atoms with Gasteiger partial charge in [-0.15, -0.1) is 0 Å². The van der Waals surface area contributed by atoms with Crippen molar-refractivity contribution in [2.75, 3.05) is 11.4 Å². The van der Waals surface area contributed by atoms with Crippen molar-refractivity contribution in [1.82, 2.24) is 0 Å². The average molecular weight is 265 g/mol. The second-order valence-electron chi connectivity index (χ2n) is 6.05. The largest absolute Gasteiger partial charge is 0.366 e. The minimum atomic E-state index is -3.02. The van der Waals surface area contributed by atoms with Crippen LogP contribution in [-0.2, 0) is 0 Å². The molecule has 0 bridgehead atoms. The molecule has 1 saturated heterocycles. The van der Waals surface area contributed by atoms with Crippen LogP contribution in [0.5, 0.6) is 0 Å². The SMILES string of the molecule is [2H]C([2H])([2H])C1(C([2H])([2H])[2H])N(c2ccccc2C)CC2(CCCCC2)C1([2H])[2H]. The Hall–Kier alpha value is -0.980. The van der Waals surface area contributed by atoms with E-state index in [1.54, 1.807) is 25.1 Å². The van der Waals surface area contributed by atoms with E-state index in [0.717, 1.165) is 24.8 Å². The number of nitrogens with zero attached hydrogens (tertiary/aromatic N) is 1. The molecule has 0 aromatic heterocycles. The maximum atomic E-state index is 9.00. The van der Waals surface area contributed by atoms with Gasteiger partial charge < -0.3 is 4.90 Å². The summed E-state index contributed by atoms with van der Waals surface area (Å²) in [7, 11) is 0. The summed E-state index contributed by atoms with van der Waals surface area (Å²) < 4.78 is 67.4. The minimum Gasteiger partial charge on any atom is -0.366 e. The lowest BCUT2D eigenvalue weighted by Crippen LogP contribution is -2.38. The molecular formula is C18H27N. The minimum absolute atomic E-state index is 0.113. The molecule has 0 radical (unpaired) electrons. The Morgan fingerprint density at radius 1 is 1.16 bits per heavy atom. The Morgan fingerprint density at radius 2 is 1.89 bits per heavy atom. The first-order valence-corrected chi connectivity index (χ1v) is 7.15. The number of rotatable bonds is 1. The van der Waals surface area contributed by atoms with Crippen LogP contribution in [-0.4, -0.2) is 12.1 Å². The smallest absolute Gasteiger partial charge is 0.0400 e. The normalized spacial score (nSPS) is 35.1. The van der Waals surface area contributed by atoms with Crippen molar-refractivity contribution in [2.45, 2.75) is 64.6 Å². The lowest BCUT2D eigenvalue weighted by Gasteiger charge is -2.35. The van der Waals surface area contributed by atoms with Gasteiger partial charge >= 0.3 is 0 Å². The third-order valence-corrected chi connectivity index (χ3v) is 4.53. The van der Waals surface area contributed by atoms with E-state index in [0.29, 0.717) is 18.5 Å². The summed E-state index contributed by atoms with van der Waals surface area (Å²) in [5, 5.41) is 0. The van der Waals surface area contributed by atoms with Gasteiger partial charge in [0.1, 0.15) is 0 Å². The quantitative estimate of drug-likeness (QED) is 0.695. The molecule has 1 heteroatoms. The Kier molecular flexibility index (Phi) is 1.59. The van der Waals surface area contributed by atoms with E-state index in [2.05, 4.69) is 0 Å². The first-order valence-electron chi connectivity index (χ1n) is 11.2. The molecule has 1 nitrogen and oxygen atoms in total. The Morgan fingerprint density at radius 3 is 2.58 bits per heavy atom. The number of benzene rings is 1. The van der Waals surface area contributed by atoms with Crippen LogP contribution in [0.3, 0.4) is 0 Å². The average Bonchev–Trinajstić information content (AvgIpc) is 2.72. The molecule has 1 heterocycles. The van der Waals surface area contributed by atoms with E-state index < -0.39 is 31.0 Å². The van der Waals surface area contributed by atoms with Gasteiger partial charge in [-0.1, -0.05) is 37.5 Å². The van der Waals surface area contributed by atoms with E-state index in [4.69, 9.17) is 11.0 Å². The molecule has 1 aromatic carbocycles. The van der Waals surface area contributed by atoms with E-state index in [1.165, 1.54) is 4.90 Å². The predicted octanol–water partition coefficient (Wildman–Crippen LogP) is 4.93. The van der Waals surface area contributed by atoms with E-state index in [1.807, 2.05) is 6.07 Å². The van der Waals surface area contributed by atoms with Gasteiger partial charge in [0.05, 0.1) is 0 Å². The highest BCUT2D eigenvalue weighted by molar-refractivity contribution is 5.56. The molecule has 0 amide bonds. The summed E-state index contributed by atoms with van der Waals surface area (Å²) in [6.07, 6.45) is 1.18. The van der Waals surface area contributed by atoms with E-state index in [-0.39, 0.29) is 6.54 Å². The van der Waals surface area contributed by atoms with Crippen LogP contribution < -0.4 is 4.90 Å². The summed E-state index contributed by atoms with van der Waals surface area (Å²) in [6.45, 7) is -4.13. The zero-order valence-electron chi connectivity index (χ0n) is 19.5. The number of hydrogen-bond acceptors (Lipinski definition) is 1. The molecule has 1 aliphatic heterocycles. The zero-order valence-corrected chi connectivity index (χ0v) is 11.5. The van der Waals surface area contributed by atoms with Crippen molar-refractivity contribution in [1.29, 1.82) is 0 Å². The van der Waals surface area contributed by atoms with Gasteiger partial charge in [-0.05, 0) is 56.9 Å². The van der Waals surface area contributed by atoms with E-state index in [9.17, 15) is 0 Å². The summed E-state index contributed by atoms with van der Waals surface area (Å²) in [6, 6.07) is 7.07. The molecule has 1 aromatic rings. The van der Waals surface area contributed by atoms with Crippen LogP contribution in [0.4, 0.5) is 5.69 Å². The van der Waals surface area contributed by atoms with Gasteiger partial charge in [0.15, 0.2) is 0 Å². The highest BCUT2D eigenvalue weighted by atomic mass is 15.2. The molecule has 2 aliphatic rings. The molecule has 1 saturated carbocycles. The summed E-state index contributed by atoms with van der Waals surface area (Å²) in [5.74, 6) is 0. The van der Waals surface area contributed by atoms with Gasteiger partial charge in [0, 0.05) is 28.7 Å². The fourth-order valence-electron chi connectivity index (χ4n) is 3.56. The highest BCUT2D eigenvalue weighted by Crippen LogP contribution is 2.51. The molecule has 19 heavy (non-hydrogen) atoms. The van der Waals surface area contributed by atoms with Crippen LogP contribution in [0.15, 0.2) is 24.3 Å². The first kappa shape index (κ1) is 6.65. The van der Waals surface area contributed by atoms with Crippen LogP contribution in [0.1, 0.15) is 68.7 Å². The second-order valence-corrected chi connectivity index (χ2v) is 6.05. The maximum absolute atomic E-state index is 9.00. The van der Waals surface area contributed by atoms with Crippen LogP contribution in [0.25, 0.3) is 0 Å². The topological polar surface area (TPSA) is 3.24 Å². The summed E-state index contributed by atoms with van der Waals surface area (Å²) in [4.78, 5) is 1.38. The van der Waals surface area contributed by atoms with E-state index >= 15 is 0 Å². The first-order chi connectivity index (χ1) is 12.3. The summed E-state index contributed by atoms with van der Waals surface area (Å²) >= 11 is 0. The molecule has 104 valence electrons. The fourth-order valence-corrected chi connectivity index (χ4v) is 3.56. The van der Waals surface area contributed by atoms with Crippen molar-refractivity contribution in [3.8, 4) is 0 Å². The highest BCUT2D eigenvalue weighted by Gasteiger charge is 2.48. The monoisotopic (exact) mass is 265 g/mol.